The number of nitrogens with zero attached hydrogens (tertiary/aromatic N) is 2. The highest BCUT2D eigenvalue weighted by Crippen LogP contribution is 2.24. The topological polar surface area (TPSA) is 84.0 Å². The summed E-state index contributed by atoms with van der Waals surface area (Å²) in [4.78, 5) is 32.9. The smallest absolute Gasteiger partial charge is 0.308 e. The van der Waals surface area contributed by atoms with Crippen LogP contribution < -0.4 is 10.6 Å². The number of pyridine rings is 2. The van der Waals surface area contributed by atoms with Crippen LogP contribution in [0.25, 0.3) is 10.9 Å². The number of nitrogens with one attached hydrogen (secondary N) is 2. The number of hydrogen-bond donors (Lipinski definition) is 2. The molecule has 2 heterocycles. The average molecular weight is 422 g/mol. The molecule has 0 atom stereocenters. The van der Waals surface area contributed by atoms with Gasteiger partial charge in [-0.2, -0.15) is 0 Å². The lowest BCUT2D eigenvalue weighted by Crippen LogP contribution is -2.21. The van der Waals surface area contributed by atoms with Crippen LogP contribution in [0.2, 0.25) is 0 Å². The van der Waals surface area contributed by atoms with E-state index in [0.717, 1.165) is 18.2 Å². The minimum atomic E-state index is -1.13. The van der Waals surface area contributed by atoms with Gasteiger partial charge in [-0.1, -0.05) is 12.1 Å². The van der Waals surface area contributed by atoms with Crippen LogP contribution in [-0.2, 0) is 0 Å². The van der Waals surface area contributed by atoms with E-state index in [9.17, 15) is 22.8 Å². The Morgan fingerprint density at radius 1 is 0.839 bits per heavy atom. The predicted molar refractivity (Wildman–Crippen MR) is 108 cm³/mol. The van der Waals surface area contributed by atoms with Gasteiger partial charge in [0.15, 0.2) is 5.82 Å². The highest BCUT2D eigenvalue weighted by Gasteiger charge is 2.21. The second kappa shape index (κ2) is 8.23. The molecule has 4 rings (SSSR count). The number of amides is 2. The van der Waals surface area contributed by atoms with E-state index in [2.05, 4.69) is 20.6 Å². The van der Waals surface area contributed by atoms with Crippen LogP contribution in [0.4, 0.5) is 29.3 Å². The third-order valence-electron chi connectivity index (χ3n) is 4.33. The molecule has 154 valence electrons. The van der Waals surface area contributed by atoms with Gasteiger partial charge in [0.25, 0.3) is 0 Å². The van der Waals surface area contributed by atoms with Crippen molar-refractivity contribution >= 4 is 34.1 Å². The monoisotopic (exact) mass is 422 g/mol. The van der Waals surface area contributed by atoms with Gasteiger partial charge in [-0.3, -0.25) is 14.8 Å². The van der Waals surface area contributed by atoms with Gasteiger partial charge in [-0.15, -0.1) is 0 Å². The fourth-order valence-electron chi connectivity index (χ4n) is 2.93. The zero-order valence-corrected chi connectivity index (χ0v) is 15.7. The highest BCUT2D eigenvalue weighted by molar-refractivity contribution is 6.10. The molecule has 0 spiro atoms. The first-order valence-corrected chi connectivity index (χ1v) is 8.99. The average Bonchev–Trinajstić information content (AvgIpc) is 2.75. The van der Waals surface area contributed by atoms with Crippen LogP contribution in [0.15, 0.2) is 67.0 Å². The van der Waals surface area contributed by atoms with Gasteiger partial charge in [-0.25, -0.2) is 18.0 Å². The summed E-state index contributed by atoms with van der Waals surface area (Å²) in [5.74, 6) is -3.51. The summed E-state index contributed by atoms with van der Waals surface area (Å²) in [6, 6.07) is 10.3. The molecule has 4 aromatic rings. The normalized spacial score (nSPS) is 10.7. The molecular weight excluding hydrogens is 409 g/mol. The van der Waals surface area contributed by atoms with Crippen molar-refractivity contribution in [2.45, 2.75) is 0 Å². The van der Waals surface area contributed by atoms with Gasteiger partial charge in [0, 0.05) is 23.3 Å². The Morgan fingerprint density at radius 3 is 2.48 bits per heavy atom. The highest BCUT2D eigenvalue weighted by atomic mass is 19.1. The van der Waals surface area contributed by atoms with Gasteiger partial charge in [-0.05, 0) is 36.4 Å². The molecule has 0 radical (unpaired) electrons. The SMILES string of the molecule is O=C(Nc1cccc(F)c1)Nc1cc(F)cc(C(=O)c2cc3cccnc3cn2)c1F. The molecule has 2 N–H and O–H groups in total. The second-order valence-electron chi connectivity index (χ2n) is 6.50. The molecule has 0 aliphatic carbocycles. The number of fused-ring (bicyclic) bond motifs is 1. The molecule has 0 unspecified atom stereocenters. The lowest BCUT2D eigenvalue weighted by atomic mass is 10.0. The van der Waals surface area contributed by atoms with Gasteiger partial charge >= 0.3 is 6.03 Å². The summed E-state index contributed by atoms with van der Waals surface area (Å²) in [7, 11) is 0. The number of carbonyl (C=O) groups excluding carboxylic acids is 2. The van der Waals surface area contributed by atoms with Crippen LogP contribution in [0.5, 0.6) is 0 Å². The number of aromatic nitrogens is 2. The van der Waals surface area contributed by atoms with E-state index in [-0.39, 0.29) is 11.4 Å². The van der Waals surface area contributed by atoms with E-state index >= 15 is 0 Å². The molecule has 2 amide bonds. The number of ketones is 1. The fourth-order valence-corrected chi connectivity index (χ4v) is 2.93. The minimum absolute atomic E-state index is 0.111. The number of anilines is 2. The molecule has 31 heavy (non-hydrogen) atoms. The lowest BCUT2D eigenvalue weighted by Gasteiger charge is -2.11. The molecular formula is C22H13F3N4O2. The largest absolute Gasteiger partial charge is 0.323 e. The van der Waals surface area contributed by atoms with Crippen molar-refractivity contribution in [3.8, 4) is 0 Å². The molecule has 9 heteroatoms. The Balaban J connectivity index is 1.62. The standard InChI is InChI=1S/C22H13F3N4O2/c23-13-4-1-5-15(8-13)28-22(31)29-17-10-14(24)9-16(20(17)25)21(30)18-7-12-3-2-6-26-19(12)11-27-18/h1-11H,(H2,28,29,31). The first-order chi connectivity index (χ1) is 14.9. The zero-order valence-electron chi connectivity index (χ0n) is 15.7. The van der Waals surface area contributed by atoms with Gasteiger partial charge in [0.05, 0.1) is 23.0 Å². The summed E-state index contributed by atoms with van der Waals surface area (Å²) in [6.07, 6.45) is 2.91. The van der Waals surface area contributed by atoms with Crippen LogP contribution >= 0.6 is 0 Å². The lowest BCUT2D eigenvalue weighted by molar-refractivity contribution is 0.103. The predicted octanol–water partition coefficient (Wildman–Crippen LogP) is 4.92. The molecule has 2 aromatic carbocycles. The number of halogens is 3. The van der Waals surface area contributed by atoms with Crippen molar-refractivity contribution in [2.75, 3.05) is 10.6 Å². The third-order valence-corrected chi connectivity index (χ3v) is 4.33. The molecule has 0 saturated carbocycles. The van der Waals surface area contributed by atoms with Crippen molar-refractivity contribution in [3.05, 3.63) is 95.7 Å². The van der Waals surface area contributed by atoms with Crippen LogP contribution in [0.1, 0.15) is 16.1 Å². The molecule has 0 saturated heterocycles. The van der Waals surface area contributed by atoms with E-state index < -0.39 is 40.5 Å². The van der Waals surface area contributed by atoms with Crippen molar-refractivity contribution in [2.24, 2.45) is 0 Å². The zero-order chi connectivity index (χ0) is 22.0. The summed E-state index contributed by atoms with van der Waals surface area (Å²) in [5.41, 5.74) is -0.619. The maximum atomic E-state index is 14.9. The molecule has 6 nitrogen and oxygen atoms in total. The molecule has 0 bridgehead atoms. The van der Waals surface area contributed by atoms with E-state index in [4.69, 9.17) is 0 Å². The Morgan fingerprint density at radius 2 is 1.68 bits per heavy atom. The molecule has 0 aliphatic heterocycles. The molecule has 0 aliphatic rings. The number of hydrogen-bond acceptors (Lipinski definition) is 4. The summed E-state index contributed by atoms with van der Waals surface area (Å²) in [6.45, 7) is 0. The second-order valence-corrected chi connectivity index (χ2v) is 6.50. The Labute approximate surface area is 173 Å². The molecule has 2 aromatic heterocycles. The maximum absolute atomic E-state index is 14.9. The Bertz CT molecular complexity index is 1330. The van der Waals surface area contributed by atoms with Gasteiger partial charge in [0.1, 0.15) is 17.3 Å². The van der Waals surface area contributed by atoms with E-state index in [1.165, 1.54) is 30.5 Å². The third kappa shape index (κ3) is 4.35. The molecule has 0 fully saturated rings. The van der Waals surface area contributed by atoms with Crippen LogP contribution in [-0.4, -0.2) is 21.8 Å². The maximum Gasteiger partial charge on any atom is 0.323 e. The van der Waals surface area contributed by atoms with E-state index in [1.807, 2.05) is 0 Å². The first kappa shape index (κ1) is 20.0. The van der Waals surface area contributed by atoms with E-state index in [0.29, 0.717) is 10.9 Å². The minimum Gasteiger partial charge on any atom is -0.308 e. The summed E-state index contributed by atoms with van der Waals surface area (Å²) >= 11 is 0. The van der Waals surface area contributed by atoms with Crippen molar-refractivity contribution in [3.63, 3.8) is 0 Å². The Kier molecular flexibility index (Phi) is 5.31. The number of urea groups is 1. The van der Waals surface area contributed by atoms with Crippen molar-refractivity contribution < 1.29 is 22.8 Å². The fraction of sp³-hybridized carbons (Fsp3) is 0. The van der Waals surface area contributed by atoms with Crippen LogP contribution in [0.3, 0.4) is 0 Å². The summed E-state index contributed by atoms with van der Waals surface area (Å²) in [5, 5.41) is 5.02. The van der Waals surface area contributed by atoms with Crippen molar-refractivity contribution in [1.82, 2.24) is 9.97 Å². The Hall–Kier alpha value is -4.27. The van der Waals surface area contributed by atoms with Gasteiger partial charge in [0.2, 0.25) is 5.78 Å². The number of rotatable bonds is 4. The number of benzene rings is 2. The number of carbonyl (C=O) groups is 2. The first-order valence-electron chi connectivity index (χ1n) is 8.99. The van der Waals surface area contributed by atoms with Gasteiger partial charge < -0.3 is 10.6 Å². The van der Waals surface area contributed by atoms with E-state index in [1.54, 1.807) is 18.3 Å². The summed E-state index contributed by atoms with van der Waals surface area (Å²) < 4.78 is 42.3. The van der Waals surface area contributed by atoms with Crippen LogP contribution in [0, 0.1) is 17.5 Å². The quantitative estimate of drug-likeness (QED) is 0.457. The van der Waals surface area contributed by atoms with Crippen molar-refractivity contribution in [1.29, 1.82) is 0 Å².